The van der Waals surface area contributed by atoms with Crippen molar-refractivity contribution in [1.82, 2.24) is 4.98 Å². The Kier molecular flexibility index (Phi) is 9.01. The standard InChI is InChI=1S/C19H23N5O7S/c1-12-9-14(23(7-5-17(25)30-3)8-6-18(26)31-4)15(29-2)10-13(12)21-22-19-20-11-16(32-19)24(27)28/h9-11H,5-8H2,1-4H3. The maximum Gasteiger partial charge on any atom is 0.345 e. The van der Waals surface area contributed by atoms with Crippen molar-refractivity contribution in [1.29, 1.82) is 0 Å². The first-order valence-corrected chi connectivity index (χ1v) is 10.2. The van der Waals surface area contributed by atoms with Gasteiger partial charge in [0.25, 0.3) is 0 Å². The number of azo groups is 1. The van der Waals surface area contributed by atoms with E-state index >= 15 is 0 Å². The molecule has 0 N–H and O–H groups in total. The van der Waals surface area contributed by atoms with Crippen molar-refractivity contribution in [3.8, 4) is 5.75 Å². The van der Waals surface area contributed by atoms with Crippen molar-refractivity contribution in [2.24, 2.45) is 10.2 Å². The first kappa shape index (κ1) is 24.7. The SMILES string of the molecule is COC(=O)CCN(CCC(=O)OC)c1cc(C)c(N=Nc2ncc([N+](=O)[O-])s2)cc1OC. The molecule has 2 aromatic rings. The van der Waals surface area contributed by atoms with Gasteiger partial charge < -0.3 is 19.1 Å². The number of nitrogens with zero attached hydrogens (tertiary/aromatic N) is 5. The molecule has 12 nitrogen and oxygen atoms in total. The van der Waals surface area contributed by atoms with E-state index in [0.29, 0.717) is 30.2 Å². The number of thiazole rings is 1. The zero-order chi connectivity index (χ0) is 23.7. The fraction of sp³-hybridized carbons (Fsp3) is 0.421. The number of aromatic nitrogens is 1. The minimum atomic E-state index is -0.545. The van der Waals surface area contributed by atoms with Crippen LogP contribution in [0.15, 0.2) is 28.6 Å². The predicted molar refractivity (Wildman–Crippen MR) is 116 cm³/mol. The number of methoxy groups -OCH3 is 3. The summed E-state index contributed by atoms with van der Waals surface area (Å²) in [6.07, 6.45) is 1.35. The van der Waals surface area contributed by atoms with Crippen molar-refractivity contribution >= 4 is 44.8 Å². The summed E-state index contributed by atoms with van der Waals surface area (Å²) in [5.74, 6) is -0.317. The molecule has 1 aromatic heterocycles. The molecule has 2 rings (SSSR count). The van der Waals surface area contributed by atoms with Gasteiger partial charge in [-0.1, -0.05) is 0 Å². The largest absolute Gasteiger partial charge is 0.495 e. The van der Waals surface area contributed by atoms with E-state index in [2.05, 4.69) is 15.2 Å². The third-order valence-electron chi connectivity index (χ3n) is 4.37. The Balaban J connectivity index is 2.32. The van der Waals surface area contributed by atoms with Gasteiger partial charge >= 0.3 is 16.9 Å². The minimum absolute atomic E-state index is 0.115. The lowest BCUT2D eigenvalue weighted by Gasteiger charge is -2.26. The average molecular weight is 465 g/mol. The number of aryl methyl sites for hydroxylation is 1. The number of benzene rings is 1. The summed E-state index contributed by atoms with van der Waals surface area (Å²) < 4.78 is 14.9. The van der Waals surface area contributed by atoms with Crippen LogP contribution >= 0.6 is 11.3 Å². The van der Waals surface area contributed by atoms with Gasteiger partial charge in [-0.25, -0.2) is 4.98 Å². The molecule has 0 aliphatic rings. The van der Waals surface area contributed by atoms with Gasteiger partial charge in [0, 0.05) is 19.2 Å². The number of carbonyl (C=O) groups is 2. The molecule has 13 heteroatoms. The third kappa shape index (κ3) is 6.70. The van der Waals surface area contributed by atoms with Gasteiger partial charge in [-0.2, -0.15) is 0 Å². The zero-order valence-corrected chi connectivity index (χ0v) is 18.9. The molecule has 0 saturated carbocycles. The van der Waals surface area contributed by atoms with E-state index in [1.165, 1.54) is 21.3 Å². The van der Waals surface area contributed by atoms with Gasteiger partial charge in [-0.3, -0.25) is 19.7 Å². The van der Waals surface area contributed by atoms with E-state index in [0.717, 1.165) is 23.1 Å². The van der Waals surface area contributed by atoms with Gasteiger partial charge in [0.2, 0.25) is 5.13 Å². The van der Waals surface area contributed by atoms with Crippen LogP contribution in [0.3, 0.4) is 0 Å². The Bertz CT molecular complexity index is 988. The smallest absolute Gasteiger partial charge is 0.345 e. The second kappa shape index (κ2) is 11.7. The number of esters is 2. The summed E-state index contributed by atoms with van der Waals surface area (Å²) in [7, 11) is 4.10. The van der Waals surface area contributed by atoms with Gasteiger partial charge in [-0.15, -0.1) is 10.2 Å². The highest BCUT2D eigenvalue weighted by molar-refractivity contribution is 7.18. The number of anilines is 1. The van der Waals surface area contributed by atoms with Crippen LogP contribution in [0.4, 0.5) is 21.5 Å². The first-order chi connectivity index (χ1) is 15.3. The van der Waals surface area contributed by atoms with E-state index in [4.69, 9.17) is 14.2 Å². The quantitative estimate of drug-likeness (QED) is 0.210. The molecule has 0 radical (unpaired) electrons. The van der Waals surface area contributed by atoms with Crippen molar-refractivity contribution in [2.75, 3.05) is 39.3 Å². The monoisotopic (exact) mass is 465 g/mol. The van der Waals surface area contributed by atoms with Crippen LogP contribution in [0.1, 0.15) is 18.4 Å². The van der Waals surface area contributed by atoms with Gasteiger partial charge in [-0.05, 0) is 29.9 Å². The van der Waals surface area contributed by atoms with Gasteiger partial charge in [0.05, 0.1) is 50.5 Å². The normalized spacial score (nSPS) is 10.8. The van der Waals surface area contributed by atoms with Crippen molar-refractivity contribution in [3.63, 3.8) is 0 Å². The topological polar surface area (TPSA) is 146 Å². The summed E-state index contributed by atoms with van der Waals surface area (Å²) in [6, 6.07) is 3.45. The van der Waals surface area contributed by atoms with Crippen LogP contribution in [0.2, 0.25) is 0 Å². The Hall–Kier alpha value is -3.61. The maximum atomic E-state index is 11.6. The minimum Gasteiger partial charge on any atom is -0.495 e. The van der Waals surface area contributed by atoms with E-state index < -0.39 is 4.92 Å². The fourth-order valence-corrected chi connectivity index (χ4v) is 3.23. The maximum absolute atomic E-state index is 11.6. The zero-order valence-electron chi connectivity index (χ0n) is 18.1. The first-order valence-electron chi connectivity index (χ1n) is 9.38. The molecule has 0 unspecified atom stereocenters. The molecular formula is C19H23N5O7S. The number of ether oxygens (including phenoxy) is 3. The number of hydrogen-bond donors (Lipinski definition) is 0. The summed E-state index contributed by atoms with van der Waals surface area (Å²) in [4.78, 5) is 39.2. The fourth-order valence-electron chi connectivity index (χ4n) is 2.67. The Labute approximate surface area is 188 Å². The summed E-state index contributed by atoms with van der Waals surface area (Å²) >= 11 is 0.809. The molecule has 0 aliphatic heterocycles. The van der Waals surface area contributed by atoms with Crippen LogP contribution in [0.25, 0.3) is 0 Å². The van der Waals surface area contributed by atoms with Gasteiger partial charge in [0.15, 0.2) is 0 Å². The van der Waals surface area contributed by atoms with E-state index in [9.17, 15) is 19.7 Å². The number of carbonyl (C=O) groups excluding carboxylic acids is 2. The summed E-state index contributed by atoms with van der Waals surface area (Å²) in [5, 5.41) is 18.9. The number of rotatable bonds is 11. The molecule has 0 atom stereocenters. The molecule has 172 valence electrons. The number of nitro groups is 1. The van der Waals surface area contributed by atoms with Crippen LogP contribution in [0, 0.1) is 17.0 Å². The summed E-state index contributed by atoms with van der Waals surface area (Å²) in [6.45, 7) is 2.40. The van der Waals surface area contributed by atoms with Crippen LogP contribution in [0.5, 0.6) is 5.75 Å². The van der Waals surface area contributed by atoms with Gasteiger partial charge in [0.1, 0.15) is 11.9 Å². The highest BCUT2D eigenvalue weighted by atomic mass is 32.1. The predicted octanol–water partition coefficient (Wildman–Crippen LogP) is 3.72. The van der Waals surface area contributed by atoms with Crippen LogP contribution < -0.4 is 9.64 Å². The Morgan fingerprint density at radius 3 is 2.25 bits per heavy atom. The Morgan fingerprint density at radius 2 is 1.75 bits per heavy atom. The molecule has 0 saturated heterocycles. The molecule has 0 bridgehead atoms. The average Bonchev–Trinajstić information content (AvgIpc) is 3.27. The number of hydrogen-bond acceptors (Lipinski definition) is 12. The molecule has 0 fully saturated rings. The van der Waals surface area contributed by atoms with Crippen molar-refractivity contribution < 1.29 is 28.7 Å². The molecule has 1 heterocycles. The lowest BCUT2D eigenvalue weighted by Crippen LogP contribution is -2.29. The molecule has 0 spiro atoms. The molecule has 1 aromatic carbocycles. The van der Waals surface area contributed by atoms with Crippen LogP contribution in [-0.2, 0) is 19.1 Å². The summed E-state index contributed by atoms with van der Waals surface area (Å²) in [5.41, 5.74) is 1.86. The molecular weight excluding hydrogens is 442 g/mol. The second-order valence-corrected chi connectivity index (χ2v) is 7.38. The lowest BCUT2D eigenvalue weighted by molar-refractivity contribution is -0.380. The van der Waals surface area contributed by atoms with E-state index in [1.54, 1.807) is 19.1 Å². The highest BCUT2D eigenvalue weighted by Gasteiger charge is 2.18. The second-order valence-electron chi connectivity index (χ2n) is 6.39. The molecule has 32 heavy (non-hydrogen) atoms. The van der Waals surface area contributed by atoms with E-state index in [1.807, 2.05) is 4.90 Å². The molecule has 0 amide bonds. The van der Waals surface area contributed by atoms with Crippen molar-refractivity contribution in [3.05, 3.63) is 34.0 Å². The third-order valence-corrected chi connectivity index (χ3v) is 5.20. The Morgan fingerprint density at radius 1 is 1.12 bits per heavy atom. The highest BCUT2D eigenvalue weighted by Crippen LogP contribution is 2.37. The van der Waals surface area contributed by atoms with Crippen molar-refractivity contribution in [2.45, 2.75) is 19.8 Å². The lowest BCUT2D eigenvalue weighted by atomic mass is 10.1. The van der Waals surface area contributed by atoms with E-state index in [-0.39, 0.29) is 34.9 Å². The van der Waals surface area contributed by atoms with Crippen LogP contribution in [-0.4, -0.2) is 56.3 Å². The molecule has 0 aliphatic carbocycles.